The van der Waals surface area contributed by atoms with E-state index >= 15 is 0 Å². The van der Waals surface area contributed by atoms with E-state index in [1.807, 2.05) is 5.38 Å². The zero-order valence-electron chi connectivity index (χ0n) is 8.38. The van der Waals surface area contributed by atoms with Crippen LogP contribution in [0.5, 0.6) is 0 Å². The van der Waals surface area contributed by atoms with E-state index in [1.54, 1.807) is 24.4 Å². The summed E-state index contributed by atoms with van der Waals surface area (Å²) in [5.74, 6) is 0.0874. The number of hydrogen-bond donors (Lipinski definition) is 2. The number of thiazole rings is 1. The predicted octanol–water partition coefficient (Wildman–Crippen LogP) is 1.05. The molecule has 0 radical (unpaired) electrons. The fourth-order valence-corrected chi connectivity index (χ4v) is 1.72. The van der Waals surface area contributed by atoms with Crippen molar-refractivity contribution in [1.29, 1.82) is 0 Å². The van der Waals surface area contributed by atoms with Crippen LogP contribution in [0.3, 0.4) is 0 Å². The van der Waals surface area contributed by atoms with E-state index in [-0.39, 0.29) is 5.91 Å². The molecule has 0 aliphatic heterocycles. The summed E-state index contributed by atoms with van der Waals surface area (Å²) in [5, 5.41) is 5.44. The van der Waals surface area contributed by atoms with E-state index in [4.69, 9.17) is 5.73 Å². The van der Waals surface area contributed by atoms with E-state index in [2.05, 4.69) is 15.3 Å². The molecule has 0 saturated carbocycles. The van der Waals surface area contributed by atoms with E-state index in [0.29, 0.717) is 18.1 Å². The molecule has 16 heavy (non-hydrogen) atoms. The maximum absolute atomic E-state index is 11.6. The zero-order chi connectivity index (χ0) is 11.4. The standard InChI is InChI=1S/C10H10N4OS/c11-8-3-1-2-7(14-8)10(15)13-6-9-12-4-5-16-9/h1-5H,6H2,(H2,11,14)(H,13,15). The number of anilines is 1. The van der Waals surface area contributed by atoms with Gasteiger partial charge >= 0.3 is 0 Å². The molecule has 2 aromatic rings. The number of aromatic nitrogens is 2. The Balaban J connectivity index is 1.98. The van der Waals surface area contributed by atoms with Gasteiger partial charge in [0.25, 0.3) is 5.91 Å². The molecule has 2 rings (SSSR count). The number of carbonyl (C=O) groups excluding carboxylic acids is 1. The largest absolute Gasteiger partial charge is 0.384 e. The van der Waals surface area contributed by atoms with Crippen molar-refractivity contribution in [2.75, 3.05) is 5.73 Å². The summed E-state index contributed by atoms with van der Waals surface area (Å²) >= 11 is 1.49. The van der Waals surface area contributed by atoms with E-state index in [1.165, 1.54) is 11.3 Å². The van der Waals surface area contributed by atoms with Crippen LogP contribution in [-0.4, -0.2) is 15.9 Å². The SMILES string of the molecule is Nc1cccc(C(=O)NCc2nccs2)n1. The van der Waals surface area contributed by atoms with Crippen LogP contribution in [0.1, 0.15) is 15.5 Å². The summed E-state index contributed by atoms with van der Waals surface area (Å²) in [6, 6.07) is 4.95. The molecular formula is C10H10N4OS. The Labute approximate surface area is 96.3 Å². The molecular weight excluding hydrogens is 224 g/mol. The highest BCUT2D eigenvalue weighted by Crippen LogP contribution is 2.04. The third kappa shape index (κ3) is 2.54. The second kappa shape index (κ2) is 4.71. The fraction of sp³-hybridized carbons (Fsp3) is 0.100. The van der Waals surface area contributed by atoms with Crippen molar-refractivity contribution >= 4 is 23.1 Å². The Kier molecular flexibility index (Phi) is 3.11. The summed E-state index contributed by atoms with van der Waals surface area (Å²) in [5.41, 5.74) is 5.80. The molecule has 0 saturated heterocycles. The van der Waals surface area contributed by atoms with Gasteiger partial charge in [0, 0.05) is 11.6 Å². The molecule has 0 aromatic carbocycles. The Morgan fingerprint density at radius 1 is 1.50 bits per heavy atom. The van der Waals surface area contributed by atoms with Crippen LogP contribution < -0.4 is 11.1 Å². The molecule has 1 amide bonds. The van der Waals surface area contributed by atoms with E-state index in [9.17, 15) is 4.79 Å². The first kappa shape index (κ1) is 10.6. The van der Waals surface area contributed by atoms with Gasteiger partial charge in [-0.1, -0.05) is 6.07 Å². The van der Waals surface area contributed by atoms with Gasteiger partial charge < -0.3 is 11.1 Å². The second-order valence-electron chi connectivity index (χ2n) is 3.06. The van der Waals surface area contributed by atoms with Crippen LogP contribution in [0.4, 0.5) is 5.82 Å². The summed E-state index contributed by atoms with van der Waals surface area (Å²) in [6.07, 6.45) is 1.70. The van der Waals surface area contributed by atoms with Gasteiger partial charge in [0.1, 0.15) is 16.5 Å². The lowest BCUT2D eigenvalue weighted by Gasteiger charge is -2.02. The molecule has 0 aliphatic carbocycles. The van der Waals surface area contributed by atoms with Crippen LogP contribution >= 0.6 is 11.3 Å². The zero-order valence-corrected chi connectivity index (χ0v) is 9.20. The summed E-state index contributed by atoms with van der Waals surface area (Å²) in [7, 11) is 0. The molecule has 0 bridgehead atoms. The average molecular weight is 234 g/mol. The lowest BCUT2D eigenvalue weighted by molar-refractivity contribution is 0.0946. The molecule has 5 nitrogen and oxygen atoms in total. The topological polar surface area (TPSA) is 80.9 Å². The molecule has 6 heteroatoms. The lowest BCUT2D eigenvalue weighted by atomic mass is 10.3. The van der Waals surface area contributed by atoms with Crippen molar-refractivity contribution in [2.45, 2.75) is 6.54 Å². The number of pyridine rings is 1. The third-order valence-electron chi connectivity index (χ3n) is 1.89. The van der Waals surface area contributed by atoms with E-state index in [0.717, 1.165) is 5.01 Å². The highest BCUT2D eigenvalue weighted by atomic mass is 32.1. The van der Waals surface area contributed by atoms with Gasteiger partial charge in [-0.25, -0.2) is 9.97 Å². The van der Waals surface area contributed by atoms with Crippen LogP contribution in [0.2, 0.25) is 0 Å². The fourth-order valence-electron chi connectivity index (χ4n) is 1.16. The second-order valence-corrected chi connectivity index (χ2v) is 4.04. The molecule has 0 fully saturated rings. The number of nitrogens with zero attached hydrogens (tertiary/aromatic N) is 2. The van der Waals surface area contributed by atoms with Crippen molar-refractivity contribution in [3.8, 4) is 0 Å². The predicted molar refractivity (Wildman–Crippen MR) is 61.9 cm³/mol. The summed E-state index contributed by atoms with van der Waals surface area (Å²) < 4.78 is 0. The van der Waals surface area contributed by atoms with Crippen LogP contribution in [-0.2, 0) is 6.54 Å². The molecule has 0 atom stereocenters. The van der Waals surface area contributed by atoms with Gasteiger partial charge in [-0.15, -0.1) is 11.3 Å². The maximum Gasteiger partial charge on any atom is 0.270 e. The van der Waals surface area contributed by atoms with Gasteiger partial charge in [-0.3, -0.25) is 4.79 Å². The molecule has 82 valence electrons. The maximum atomic E-state index is 11.6. The molecule has 3 N–H and O–H groups in total. The van der Waals surface area contributed by atoms with Crippen molar-refractivity contribution in [3.05, 3.63) is 40.5 Å². The molecule has 0 aliphatic rings. The van der Waals surface area contributed by atoms with Crippen molar-refractivity contribution < 1.29 is 4.79 Å². The number of carbonyl (C=O) groups is 1. The summed E-state index contributed by atoms with van der Waals surface area (Å²) in [6.45, 7) is 0.410. The van der Waals surface area contributed by atoms with Gasteiger partial charge in [0.15, 0.2) is 0 Å². The Morgan fingerprint density at radius 2 is 2.38 bits per heavy atom. The molecule has 0 spiro atoms. The van der Waals surface area contributed by atoms with Gasteiger partial charge in [0.2, 0.25) is 0 Å². The number of rotatable bonds is 3. The summed E-state index contributed by atoms with van der Waals surface area (Å²) in [4.78, 5) is 19.6. The van der Waals surface area contributed by atoms with Crippen molar-refractivity contribution in [3.63, 3.8) is 0 Å². The lowest BCUT2D eigenvalue weighted by Crippen LogP contribution is -2.23. The smallest absolute Gasteiger partial charge is 0.270 e. The third-order valence-corrected chi connectivity index (χ3v) is 2.67. The number of amides is 1. The molecule has 2 heterocycles. The number of nitrogen functional groups attached to an aromatic ring is 1. The Bertz CT molecular complexity index is 483. The van der Waals surface area contributed by atoms with Crippen molar-refractivity contribution in [2.24, 2.45) is 0 Å². The average Bonchev–Trinajstić information content (AvgIpc) is 2.78. The van der Waals surface area contributed by atoms with Crippen LogP contribution in [0, 0.1) is 0 Å². The van der Waals surface area contributed by atoms with Crippen molar-refractivity contribution in [1.82, 2.24) is 15.3 Å². The minimum absolute atomic E-state index is 0.248. The minimum atomic E-state index is -0.248. The monoisotopic (exact) mass is 234 g/mol. The molecule has 0 unspecified atom stereocenters. The normalized spacial score (nSPS) is 10.0. The van der Waals surface area contributed by atoms with Crippen LogP contribution in [0.25, 0.3) is 0 Å². The van der Waals surface area contributed by atoms with Crippen LogP contribution in [0.15, 0.2) is 29.8 Å². The highest BCUT2D eigenvalue weighted by Gasteiger charge is 2.07. The number of nitrogens with two attached hydrogens (primary N) is 1. The van der Waals surface area contributed by atoms with Gasteiger partial charge in [0.05, 0.1) is 6.54 Å². The number of hydrogen-bond acceptors (Lipinski definition) is 5. The number of nitrogens with one attached hydrogen (secondary N) is 1. The molecule has 2 aromatic heterocycles. The van der Waals surface area contributed by atoms with Gasteiger partial charge in [-0.2, -0.15) is 0 Å². The van der Waals surface area contributed by atoms with E-state index < -0.39 is 0 Å². The first-order valence-corrected chi connectivity index (χ1v) is 5.53. The Hall–Kier alpha value is -1.95. The van der Waals surface area contributed by atoms with Gasteiger partial charge in [-0.05, 0) is 12.1 Å². The quantitative estimate of drug-likeness (QED) is 0.831. The first-order valence-electron chi connectivity index (χ1n) is 4.65. The minimum Gasteiger partial charge on any atom is -0.384 e. The highest BCUT2D eigenvalue weighted by molar-refractivity contribution is 7.09. The first-order chi connectivity index (χ1) is 7.75. The Morgan fingerprint density at radius 3 is 3.06 bits per heavy atom.